The lowest BCUT2D eigenvalue weighted by Gasteiger charge is -2.27. The minimum Gasteiger partial charge on any atom is -0.375 e. The van der Waals surface area contributed by atoms with Crippen molar-refractivity contribution in [3.05, 3.63) is 35.9 Å². The van der Waals surface area contributed by atoms with Gasteiger partial charge in [-0.25, -0.2) is 0 Å². The molecule has 1 atom stereocenters. The molecule has 2 rings (SSSR count). The van der Waals surface area contributed by atoms with Crippen molar-refractivity contribution in [2.45, 2.75) is 37.3 Å². The van der Waals surface area contributed by atoms with Gasteiger partial charge in [0.2, 0.25) is 5.91 Å². The van der Waals surface area contributed by atoms with E-state index in [0.29, 0.717) is 5.56 Å². The van der Waals surface area contributed by atoms with E-state index >= 15 is 0 Å². The van der Waals surface area contributed by atoms with Crippen LogP contribution in [0.5, 0.6) is 0 Å². The summed E-state index contributed by atoms with van der Waals surface area (Å²) in [7, 11) is 0. The normalized spacial score (nSPS) is 19.6. The quantitative estimate of drug-likeness (QED) is 0.824. The second-order valence-electron chi connectivity index (χ2n) is 4.92. The first-order chi connectivity index (χ1) is 8.63. The number of rotatable bonds is 5. The van der Waals surface area contributed by atoms with Crippen LogP contribution in [-0.2, 0) is 15.1 Å². The predicted molar refractivity (Wildman–Crippen MR) is 69.7 cm³/mol. The van der Waals surface area contributed by atoms with Crippen LogP contribution < -0.4 is 11.5 Å². The van der Waals surface area contributed by atoms with Gasteiger partial charge in [-0.1, -0.05) is 43.2 Å². The number of hydrogen-bond donors (Lipinski definition) is 2. The number of hydrogen-bond acceptors (Lipinski definition) is 3. The lowest BCUT2D eigenvalue weighted by atomic mass is 9.91. The van der Waals surface area contributed by atoms with Crippen LogP contribution in [0, 0.1) is 0 Å². The molecule has 98 valence electrons. The van der Waals surface area contributed by atoms with Crippen LogP contribution in [0.2, 0.25) is 0 Å². The molecule has 1 fully saturated rings. The van der Waals surface area contributed by atoms with Crippen molar-refractivity contribution < 1.29 is 9.53 Å². The van der Waals surface area contributed by atoms with E-state index < -0.39 is 11.4 Å². The van der Waals surface area contributed by atoms with Crippen molar-refractivity contribution in [2.24, 2.45) is 11.5 Å². The second kappa shape index (κ2) is 5.50. The van der Waals surface area contributed by atoms with Gasteiger partial charge in [-0.3, -0.25) is 4.79 Å². The highest BCUT2D eigenvalue weighted by Gasteiger charge is 2.35. The van der Waals surface area contributed by atoms with Crippen molar-refractivity contribution in [1.82, 2.24) is 0 Å². The first kappa shape index (κ1) is 13.1. The zero-order chi connectivity index (χ0) is 13.0. The fraction of sp³-hybridized carbons (Fsp3) is 0.500. The van der Waals surface area contributed by atoms with Gasteiger partial charge in [-0.05, 0) is 18.4 Å². The van der Waals surface area contributed by atoms with Crippen LogP contribution in [0.25, 0.3) is 0 Å². The van der Waals surface area contributed by atoms with E-state index in [1.165, 1.54) is 12.8 Å². The van der Waals surface area contributed by atoms with E-state index in [2.05, 4.69) is 0 Å². The molecule has 1 amide bonds. The lowest BCUT2D eigenvalue weighted by molar-refractivity contribution is -0.126. The first-order valence-electron chi connectivity index (χ1n) is 6.39. The Morgan fingerprint density at radius 3 is 2.44 bits per heavy atom. The summed E-state index contributed by atoms with van der Waals surface area (Å²) >= 11 is 0. The molecule has 1 aromatic rings. The third-order valence-electron chi connectivity index (χ3n) is 3.58. The number of carbonyl (C=O) groups is 1. The van der Waals surface area contributed by atoms with Crippen molar-refractivity contribution in [1.29, 1.82) is 0 Å². The van der Waals surface area contributed by atoms with E-state index in [-0.39, 0.29) is 12.7 Å². The molecule has 4 N–H and O–H groups in total. The molecule has 1 aromatic carbocycles. The standard InChI is InChI=1S/C14H20N2O2/c15-13(17)14(16,11-6-2-1-3-7-11)10-18-12-8-4-5-9-12/h1-3,6-7,12H,4-5,8-10,16H2,(H2,15,17). The summed E-state index contributed by atoms with van der Waals surface area (Å²) in [5.74, 6) is -0.549. The van der Waals surface area contributed by atoms with Gasteiger partial charge in [0.05, 0.1) is 12.7 Å². The molecule has 1 saturated carbocycles. The minimum atomic E-state index is -1.23. The molecule has 18 heavy (non-hydrogen) atoms. The zero-order valence-corrected chi connectivity index (χ0v) is 10.5. The molecule has 1 aliphatic carbocycles. The summed E-state index contributed by atoms with van der Waals surface area (Å²) in [6, 6.07) is 9.18. The molecule has 0 saturated heterocycles. The van der Waals surface area contributed by atoms with E-state index in [0.717, 1.165) is 12.8 Å². The van der Waals surface area contributed by atoms with Crippen LogP contribution in [0.1, 0.15) is 31.2 Å². The Kier molecular flexibility index (Phi) is 3.99. The molecule has 0 aliphatic heterocycles. The van der Waals surface area contributed by atoms with Gasteiger partial charge in [-0.2, -0.15) is 0 Å². The fourth-order valence-corrected chi connectivity index (χ4v) is 2.34. The minimum absolute atomic E-state index is 0.150. The maximum atomic E-state index is 11.6. The van der Waals surface area contributed by atoms with Gasteiger partial charge >= 0.3 is 0 Å². The Hall–Kier alpha value is -1.39. The van der Waals surface area contributed by atoms with Crippen molar-refractivity contribution in [3.8, 4) is 0 Å². The maximum Gasteiger partial charge on any atom is 0.244 e. The number of nitrogens with two attached hydrogens (primary N) is 2. The van der Waals surface area contributed by atoms with E-state index in [9.17, 15) is 4.79 Å². The van der Waals surface area contributed by atoms with Crippen molar-refractivity contribution >= 4 is 5.91 Å². The van der Waals surface area contributed by atoms with Gasteiger partial charge in [0.1, 0.15) is 5.54 Å². The molecule has 0 spiro atoms. The average molecular weight is 248 g/mol. The number of amides is 1. The summed E-state index contributed by atoms with van der Waals surface area (Å²) < 4.78 is 5.76. The molecule has 0 heterocycles. The monoisotopic (exact) mass is 248 g/mol. The summed E-state index contributed by atoms with van der Waals surface area (Å²) in [5, 5.41) is 0. The average Bonchev–Trinajstić information content (AvgIpc) is 2.90. The molecular weight excluding hydrogens is 228 g/mol. The van der Waals surface area contributed by atoms with Crippen LogP contribution in [-0.4, -0.2) is 18.6 Å². The highest BCUT2D eigenvalue weighted by molar-refractivity contribution is 5.86. The second-order valence-corrected chi connectivity index (χ2v) is 4.92. The van der Waals surface area contributed by atoms with Crippen LogP contribution >= 0.6 is 0 Å². The number of carbonyl (C=O) groups excluding carboxylic acids is 1. The van der Waals surface area contributed by atoms with E-state index in [4.69, 9.17) is 16.2 Å². The van der Waals surface area contributed by atoms with Crippen LogP contribution in [0.3, 0.4) is 0 Å². The summed E-state index contributed by atoms with van der Waals surface area (Å²) in [6.45, 7) is 0.150. The summed E-state index contributed by atoms with van der Waals surface area (Å²) in [6.07, 6.45) is 4.68. The molecule has 0 aromatic heterocycles. The molecule has 1 aliphatic rings. The smallest absolute Gasteiger partial charge is 0.244 e. The van der Waals surface area contributed by atoms with Crippen LogP contribution in [0.15, 0.2) is 30.3 Å². The lowest BCUT2D eigenvalue weighted by Crippen LogP contribution is -2.53. The number of benzene rings is 1. The third-order valence-corrected chi connectivity index (χ3v) is 3.58. The fourth-order valence-electron chi connectivity index (χ4n) is 2.34. The predicted octanol–water partition coefficient (Wildman–Crippen LogP) is 1.29. The maximum absolute atomic E-state index is 11.6. The molecule has 0 radical (unpaired) electrons. The Bertz CT molecular complexity index is 402. The number of primary amides is 1. The van der Waals surface area contributed by atoms with Gasteiger partial charge in [0.25, 0.3) is 0 Å². The molecule has 1 unspecified atom stereocenters. The Morgan fingerprint density at radius 2 is 1.89 bits per heavy atom. The van der Waals surface area contributed by atoms with Gasteiger partial charge < -0.3 is 16.2 Å². The first-order valence-corrected chi connectivity index (χ1v) is 6.39. The molecule has 4 heteroatoms. The largest absolute Gasteiger partial charge is 0.375 e. The zero-order valence-electron chi connectivity index (χ0n) is 10.5. The van der Waals surface area contributed by atoms with Gasteiger partial charge in [0.15, 0.2) is 0 Å². The van der Waals surface area contributed by atoms with Gasteiger partial charge in [-0.15, -0.1) is 0 Å². The SMILES string of the molecule is NC(=O)C(N)(COC1CCCC1)c1ccccc1. The van der Waals surface area contributed by atoms with Gasteiger partial charge in [0, 0.05) is 0 Å². The molecular formula is C14H20N2O2. The van der Waals surface area contributed by atoms with Crippen LogP contribution in [0.4, 0.5) is 0 Å². The summed E-state index contributed by atoms with van der Waals surface area (Å²) in [5.41, 5.74) is 11.1. The third kappa shape index (κ3) is 2.71. The Labute approximate surface area is 107 Å². The van der Waals surface area contributed by atoms with E-state index in [1.54, 1.807) is 0 Å². The molecule has 0 bridgehead atoms. The Morgan fingerprint density at radius 1 is 1.28 bits per heavy atom. The number of ether oxygens (including phenoxy) is 1. The Balaban J connectivity index is 2.09. The molecule has 4 nitrogen and oxygen atoms in total. The van der Waals surface area contributed by atoms with E-state index in [1.807, 2.05) is 30.3 Å². The highest BCUT2D eigenvalue weighted by Crippen LogP contribution is 2.24. The van der Waals surface area contributed by atoms with Crippen molar-refractivity contribution in [3.63, 3.8) is 0 Å². The topological polar surface area (TPSA) is 78.3 Å². The van der Waals surface area contributed by atoms with Crippen molar-refractivity contribution in [2.75, 3.05) is 6.61 Å². The summed E-state index contributed by atoms with van der Waals surface area (Å²) in [4.78, 5) is 11.6. The highest BCUT2D eigenvalue weighted by atomic mass is 16.5.